The minimum absolute atomic E-state index is 0.0423. The normalized spacial score (nSPS) is 18.0. The van der Waals surface area contributed by atoms with Crippen LogP contribution in [0.15, 0.2) is 93.4 Å². The number of carbonyl (C=O) groups is 1. The average molecular weight is 462 g/mol. The van der Waals surface area contributed by atoms with Gasteiger partial charge >= 0.3 is 5.69 Å². The van der Waals surface area contributed by atoms with Gasteiger partial charge < -0.3 is 0 Å². The molecular weight excluding hydrogens is 438 g/mol. The molecule has 2 heterocycles. The Labute approximate surface area is 201 Å². The van der Waals surface area contributed by atoms with Crippen LogP contribution in [0.5, 0.6) is 0 Å². The summed E-state index contributed by atoms with van der Waals surface area (Å²) < 4.78 is 2.50. The summed E-state index contributed by atoms with van der Waals surface area (Å²) in [6.07, 6.45) is 0.791. The molecule has 4 aromatic rings. The van der Waals surface area contributed by atoms with Crippen LogP contribution in [0.1, 0.15) is 44.1 Å². The van der Waals surface area contributed by atoms with Gasteiger partial charge in [0.2, 0.25) is 0 Å². The van der Waals surface area contributed by atoms with Gasteiger partial charge in [-0.05, 0) is 23.1 Å². The first-order valence-electron chi connectivity index (χ1n) is 11.6. The fourth-order valence-electron chi connectivity index (χ4n) is 5.40. The standard InChI is InChI=1S/C29H23N3O3/c1-31-27-24(28(34)32(2)29(31)35)22(23-25(30-27)20-10-6-7-11-21(20)26(23)33)19-14-12-18(13-15-19)16-17-8-4-3-5-9-17/h3-15,22-23H,16H2,1-2H3/t22-,23+/m0/s1. The van der Waals surface area contributed by atoms with E-state index in [9.17, 15) is 14.4 Å². The maximum atomic E-state index is 13.6. The molecule has 0 unspecified atom stereocenters. The molecule has 6 rings (SSSR count). The molecule has 0 spiro atoms. The second kappa shape index (κ2) is 7.87. The highest BCUT2D eigenvalue weighted by atomic mass is 16.2. The van der Waals surface area contributed by atoms with E-state index < -0.39 is 23.1 Å². The summed E-state index contributed by atoms with van der Waals surface area (Å²) in [4.78, 5) is 44.5. The van der Waals surface area contributed by atoms with Crippen LogP contribution in [-0.2, 0) is 20.5 Å². The van der Waals surface area contributed by atoms with Gasteiger partial charge in [-0.15, -0.1) is 0 Å². The Kier molecular flexibility index (Phi) is 4.78. The van der Waals surface area contributed by atoms with Crippen molar-refractivity contribution in [3.05, 3.63) is 133 Å². The number of hydrogen-bond acceptors (Lipinski definition) is 4. The summed E-state index contributed by atoms with van der Waals surface area (Å²) in [5.41, 5.74) is 4.75. The molecule has 3 aromatic carbocycles. The topological polar surface area (TPSA) is 73.4 Å². The predicted octanol–water partition coefficient (Wildman–Crippen LogP) is 3.75. The zero-order valence-electron chi connectivity index (χ0n) is 19.4. The zero-order valence-corrected chi connectivity index (χ0v) is 19.4. The van der Waals surface area contributed by atoms with E-state index in [-0.39, 0.29) is 5.78 Å². The van der Waals surface area contributed by atoms with E-state index in [4.69, 9.17) is 4.99 Å². The maximum absolute atomic E-state index is 13.6. The van der Waals surface area contributed by atoms with Crippen LogP contribution in [0.3, 0.4) is 0 Å². The van der Waals surface area contributed by atoms with Gasteiger partial charge in [0.15, 0.2) is 5.78 Å². The van der Waals surface area contributed by atoms with Gasteiger partial charge in [-0.2, -0.15) is 0 Å². The monoisotopic (exact) mass is 461 g/mol. The van der Waals surface area contributed by atoms with Gasteiger partial charge in [0.25, 0.3) is 5.56 Å². The lowest BCUT2D eigenvalue weighted by Gasteiger charge is -2.30. The molecule has 172 valence electrons. The van der Waals surface area contributed by atoms with E-state index in [0.717, 1.165) is 27.7 Å². The molecule has 0 saturated carbocycles. The van der Waals surface area contributed by atoms with Gasteiger partial charge in [0.05, 0.1) is 17.2 Å². The van der Waals surface area contributed by atoms with Crippen LogP contribution >= 0.6 is 0 Å². The fraction of sp³-hybridized carbons (Fsp3) is 0.172. The summed E-state index contributed by atoms with van der Waals surface area (Å²) >= 11 is 0. The molecule has 0 bridgehead atoms. The maximum Gasteiger partial charge on any atom is 0.332 e. The third kappa shape index (κ3) is 3.17. The molecule has 6 nitrogen and oxygen atoms in total. The summed E-state index contributed by atoms with van der Waals surface area (Å²) in [5.74, 6) is -0.856. The van der Waals surface area contributed by atoms with Crippen LogP contribution in [0, 0.1) is 5.92 Å². The average Bonchev–Trinajstić information content (AvgIpc) is 3.18. The summed E-state index contributed by atoms with van der Waals surface area (Å²) in [5, 5.41) is 0. The first kappa shape index (κ1) is 21.2. The van der Waals surface area contributed by atoms with Crippen molar-refractivity contribution in [1.82, 2.24) is 9.13 Å². The zero-order chi connectivity index (χ0) is 24.3. The van der Waals surface area contributed by atoms with E-state index in [1.807, 2.05) is 60.7 Å². The third-order valence-corrected chi connectivity index (χ3v) is 7.17. The third-order valence-electron chi connectivity index (χ3n) is 7.17. The van der Waals surface area contributed by atoms with Crippen LogP contribution in [0.25, 0.3) is 0 Å². The fourth-order valence-corrected chi connectivity index (χ4v) is 5.40. The Morgan fingerprint density at radius 2 is 1.34 bits per heavy atom. The van der Waals surface area contributed by atoms with Crippen molar-refractivity contribution in [1.29, 1.82) is 0 Å². The van der Waals surface area contributed by atoms with Crippen molar-refractivity contribution in [3.63, 3.8) is 0 Å². The van der Waals surface area contributed by atoms with Crippen LogP contribution in [-0.4, -0.2) is 20.6 Å². The minimum Gasteiger partial charge on any atom is -0.293 e. The smallest absolute Gasteiger partial charge is 0.293 e. The van der Waals surface area contributed by atoms with Crippen molar-refractivity contribution in [2.45, 2.75) is 12.3 Å². The molecule has 1 aliphatic carbocycles. The molecule has 0 radical (unpaired) electrons. The summed E-state index contributed by atoms with van der Waals surface area (Å²) in [6.45, 7) is 0. The lowest BCUT2D eigenvalue weighted by atomic mass is 9.76. The summed E-state index contributed by atoms with van der Waals surface area (Å²) in [7, 11) is 3.09. The quantitative estimate of drug-likeness (QED) is 0.466. The van der Waals surface area contributed by atoms with Crippen molar-refractivity contribution in [3.8, 4) is 0 Å². The number of ketones is 1. The van der Waals surface area contributed by atoms with Crippen molar-refractivity contribution >= 4 is 17.3 Å². The number of fused-ring (bicyclic) bond motifs is 4. The summed E-state index contributed by atoms with van der Waals surface area (Å²) in [6, 6.07) is 25.7. The largest absolute Gasteiger partial charge is 0.332 e. The minimum atomic E-state index is -0.606. The SMILES string of the molecule is Cn1c2c(c(=O)n(C)c1=O)[C@@H](c1ccc(Cc3ccccc3)cc1)[C@H]1C(=O)c3ccccc3C1=N2. The van der Waals surface area contributed by atoms with Crippen molar-refractivity contribution < 1.29 is 4.79 Å². The number of nitrogens with zero attached hydrogens (tertiary/aromatic N) is 3. The molecule has 0 fully saturated rings. The molecule has 0 N–H and O–H groups in total. The van der Waals surface area contributed by atoms with Crippen molar-refractivity contribution in [2.75, 3.05) is 0 Å². The van der Waals surface area contributed by atoms with Crippen LogP contribution in [0.4, 0.5) is 5.82 Å². The van der Waals surface area contributed by atoms with Gasteiger partial charge in [0.1, 0.15) is 5.82 Å². The van der Waals surface area contributed by atoms with E-state index in [0.29, 0.717) is 22.7 Å². The van der Waals surface area contributed by atoms with E-state index in [1.165, 1.54) is 17.2 Å². The Bertz CT molecular complexity index is 1640. The molecule has 1 aromatic heterocycles. The lowest BCUT2D eigenvalue weighted by Crippen LogP contribution is -2.43. The highest BCUT2D eigenvalue weighted by molar-refractivity contribution is 6.30. The van der Waals surface area contributed by atoms with Gasteiger partial charge in [-0.25, -0.2) is 9.79 Å². The molecule has 6 heteroatoms. The first-order chi connectivity index (χ1) is 17.0. The number of Topliss-reactive ketones (excluding diaryl/α,β-unsaturated/α-hetero) is 1. The molecule has 2 atom stereocenters. The Morgan fingerprint density at radius 1 is 0.714 bits per heavy atom. The van der Waals surface area contributed by atoms with Crippen LogP contribution in [0.2, 0.25) is 0 Å². The molecule has 2 aliphatic rings. The number of rotatable bonds is 3. The Hall–Kier alpha value is -4.32. The molecular formula is C29H23N3O3. The van der Waals surface area contributed by atoms with E-state index in [2.05, 4.69) is 12.1 Å². The second-order valence-corrected chi connectivity index (χ2v) is 9.21. The van der Waals surface area contributed by atoms with Gasteiger partial charge in [0, 0.05) is 31.1 Å². The number of benzene rings is 3. The second-order valence-electron chi connectivity index (χ2n) is 9.21. The lowest BCUT2D eigenvalue weighted by molar-refractivity contribution is 0.0953. The molecule has 0 saturated heterocycles. The molecule has 0 amide bonds. The van der Waals surface area contributed by atoms with E-state index in [1.54, 1.807) is 13.1 Å². The Balaban J connectivity index is 1.54. The highest BCUT2D eigenvalue weighted by Gasteiger charge is 2.47. The van der Waals surface area contributed by atoms with Gasteiger partial charge in [-0.1, -0.05) is 78.9 Å². The predicted molar refractivity (Wildman–Crippen MR) is 135 cm³/mol. The number of hydrogen-bond donors (Lipinski definition) is 0. The van der Waals surface area contributed by atoms with E-state index >= 15 is 0 Å². The van der Waals surface area contributed by atoms with Crippen molar-refractivity contribution in [2.24, 2.45) is 25.0 Å². The molecule has 1 aliphatic heterocycles. The number of carbonyl (C=O) groups excluding carboxylic acids is 1. The van der Waals surface area contributed by atoms with Crippen LogP contribution < -0.4 is 11.2 Å². The molecule has 35 heavy (non-hydrogen) atoms. The van der Waals surface area contributed by atoms with Gasteiger partial charge in [-0.3, -0.25) is 18.7 Å². The first-order valence-corrected chi connectivity index (χ1v) is 11.6. The number of aliphatic imine (C=N–C) groups is 1. The highest BCUT2D eigenvalue weighted by Crippen LogP contribution is 2.46. The number of aromatic nitrogens is 2. The Morgan fingerprint density at radius 3 is 2.06 bits per heavy atom.